The number of hydrogen-bond acceptors (Lipinski definition) is 2. The first-order valence-corrected chi connectivity index (χ1v) is 3.71. The second kappa shape index (κ2) is 4.13. The lowest BCUT2D eigenvalue weighted by molar-refractivity contribution is -0.274. The van der Waals surface area contributed by atoms with E-state index >= 15 is 0 Å². The van der Waals surface area contributed by atoms with Gasteiger partial charge in [0.2, 0.25) is 6.29 Å². The van der Waals surface area contributed by atoms with Crippen LogP contribution >= 0.6 is 0 Å². The highest BCUT2D eigenvalue weighted by Gasteiger charge is 2.30. The molecule has 1 aromatic carbocycles. The van der Waals surface area contributed by atoms with Gasteiger partial charge in [-0.1, -0.05) is 12.1 Å². The molecule has 2 nitrogen and oxygen atoms in total. The second-order valence-corrected chi connectivity index (χ2v) is 2.51. The highest BCUT2D eigenvalue weighted by Crippen LogP contribution is 2.22. The maximum Gasteiger partial charge on any atom is 0.573 e. The summed E-state index contributed by atoms with van der Waals surface area (Å²) in [7, 11) is 0. The molecule has 0 spiro atoms. The van der Waals surface area contributed by atoms with Crippen LogP contribution in [0.25, 0.3) is 0 Å². The third kappa shape index (κ3) is 3.47. The fraction of sp³-hybridized carbons (Fsp3) is 0.222. The quantitative estimate of drug-likeness (QED) is 0.752. The standard InChI is InChI=1S/C9H6F3O2/c10-9(11,12)14-8-3-1-7(2-4-8)5-6-13/h1-4H,5H2. The van der Waals surface area contributed by atoms with Crippen LogP contribution in [0.15, 0.2) is 24.3 Å². The van der Waals surface area contributed by atoms with Gasteiger partial charge in [0, 0.05) is 6.42 Å². The van der Waals surface area contributed by atoms with E-state index in [-0.39, 0.29) is 12.2 Å². The number of alkyl halides is 3. The number of ether oxygens (including phenoxy) is 1. The zero-order valence-electron chi connectivity index (χ0n) is 6.97. The van der Waals surface area contributed by atoms with Gasteiger partial charge in [0.1, 0.15) is 5.75 Å². The highest BCUT2D eigenvalue weighted by molar-refractivity contribution is 5.55. The van der Waals surface area contributed by atoms with Crippen LogP contribution in [-0.2, 0) is 11.2 Å². The topological polar surface area (TPSA) is 26.3 Å². The maximum absolute atomic E-state index is 11.7. The van der Waals surface area contributed by atoms with Gasteiger partial charge in [-0.2, -0.15) is 0 Å². The average Bonchev–Trinajstić information content (AvgIpc) is 2.06. The molecular formula is C9H6F3O2. The van der Waals surface area contributed by atoms with Gasteiger partial charge in [-0.25, -0.2) is 0 Å². The Bertz CT molecular complexity index is 303. The van der Waals surface area contributed by atoms with Crippen LogP contribution in [0.1, 0.15) is 5.56 Å². The molecular weight excluding hydrogens is 197 g/mol. The predicted molar refractivity (Wildman–Crippen MR) is 42.5 cm³/mol. The first-order chi connectivity index (χ1) is 6.51. The Hall–Kier alpha value is -1.52. The lowest BCUT2D eigenvalue weighted by atomic mass is 10.2. The van der Waals surface area contributed by atoms with Gasteiger partial charge in [0.05, 0.1) is 0 Å². The van der Waals surface area contributed by atoms with E-state index in [2.05, 4.69) is 4.74 Å². The summed E-state index contributed by atoms with van der Waals surface area (Å²) in [5, 5.41) is 0. The van der Waals surface area contributed by atoms with Crippen molar-refractivity contribution in [2.24, 2.45) is 0 Å². The lowest BCUT2D eigenvalue weighted by Gasteiger charge is -2.08. The molecule has 0 fully saturated rings. The SMILES string of the molecule is O=[C]Cc1ccc(OC(F)(F)F)cc1. The van der Waals surface area contributed by atoms with E-state index < -0.39 is 6.36 Å². The van der Waals surface area contributed by atoms with Gasteiger partial charge in [0.25, 0.3) is 0 Å². The largest absolute Gasteiger partial charge is 0.573 e. The van der Waals surface area contributed by atoms with Crippen LogP contribution in [0.3, 0.4) is 0 Å². The Balaban J connectivity index is 2.68. The van der Waals surface area contributed by atoms with E-state index in [1.165, 1.54) is 12.1 Å². The highest BCUT2D eigenvalue weighted by atomic mass is 19.4. The summed E-state index contributed by atoms with van der Waals surface area (Å²) in [6, 6.07) is 5.07. The van der Waals surface area contributed by atoms with Crippen molar-refractivity contribution in [3.63, 3.8) is 0 Å². The van der Waals surface area contributed by atoms with Crippen molar-refractivity contribution in [1.29, 1.82) is 0 Å². The Morgan fingerprint density at radius 1 is 1.21 bits per heavy atom. The first-order valence-electron chi connectivity index (χ1n) is 3.71. The molecule has 75 valence electrons. The minimum Gasteiger partial charge on any atom is -0.406 e. The molecule has 0 amide bonds. The van der Waals surface area contributed by atoms with Gasteiger partial charge in [-0.3, -0.25) is 4.79 Å². The first kappa shape index (κ1) is 10.6. The molecule has 0 aliphatic rings. The summed E-state index contributed by atoms with van der Waals surface area (Å²) in [5.74, 6) is -0.299. The molecule has 0 atom stereocenters. The van der Waals surface area contributed by atoms with Crippen LogP contribution in [-0.4, -0.2) is 12.6 Å². The zero-order chi connectivity index (χ0) is 10.6. The smallest absolute Gasteiger partial charge is 0.406 e. The number of carbonyl (C=O) groups excluding carboxylic acids is 1. The summed E-state index contributed by atoms with van der Waals surface area (Å²) >= 11 is 0. The second-order valence-electron chi connectivity index (χ2n) is 2.51. The van der Waals surface area contributed by atoms with Crippen LogP contribution in [0.5, 0.6) is 5.75 Å². The minimum atomic E-state index is -4.68. The average molecular weight is 203 g/mol. The van der Waals surface area contributed by atoms with E-state index in [0.717, 1.165) is 12.1 Å². The molecule has 0 saturated heterocycles. The van der Waals surface area contributed by atoms with E-state index in [9.17, 15) is 18.0 Å². The predicted octanol–water partition coefficient (Wildman–Crippen LogP) is 2.24. The summed E-state index contributed by atoms with van der Waals surface area (Å²) in [5.41, 5.74) is 0.592. The van der Waals surface area contributed by atoms with Gasteiger partial charge in [-0.15, -0.1) is 13.2 Å². The molecule has 0 aliphatic carbocycles. The van der Waals surface area contributed by atoms with Crippen LogP contribution < -0.4 is 4.74 Å². The maximum atomic E-state index is 11.7. The van der Waals surface area contributed by atoms with Crippen LogP contribution in [0.4, 0.5) is 13.2 Å². The normalized spacial score (nSPS) is 11.1. The molecule has 1 radical (unpaired) electrons. The molecule has 0 aliphatic heterocycles. The van der Waals surface area contributed by atoms with E-state index in [1.54, 1.807) is 6.29 Å². The number of halogens is 3. The van der Waals surface area contributed by atoms with Crippen LogP contribution in [0, 0.1) is 0 Å². The van der Waals surface area contributed by atoms with Gasteiger partial charge in [0.15, 0.2) is 0 Å². The minimum absolute atomic E-state index is 0.0618. The van der Waals surface area contributed by atoms with Crippen molar-refractivity contribution in [3.8, 4) is 5.75 Å². The monoisotopic (exact) mass is 203 g/mol. The van der Waals surface area contributed by atoms with E-state index in [0.29, 0.717) is 5.56 Å². The van der Waals surface area contributed by atoms with E-state index in [4.69, 9.17) is 0 Å². The van der Waals surface area contributed by atoms with Gasteiger partial charge >= 0.3 is 6.36 Å². The zero-order valence-corrected chi connectivity index (χ0v) is 6.97. The van der Waals surface area contributed by atoms with Crippen molar-refractivity contribution in [3.05, 3.63) is 29.8 Å². The molecule has 0 N–H and O–H groups in total. The lowest BCUT2D eigenvalue weighted by Crippen LogP contribution is -2.17. The molecule has 1 rings (SSSR count). The molecule has 0 aromatic heterocycles. The Labute approximate surface area is 78.3 Å². The number of benzene rings is 1. The van der Waals surface area contributed by atoms with Gasteiger partial charge < -0.3 is 4.74 Å². The molecule has 5 heteroatoms. The van der Waals surface area contributed by atoms with Crippen molar-refractivity contribution in [2.45, 2.75) is 12.8 Å². The van der Waals surface area contributed by atoms with Crippen molar-refractivity contribution >= 4 is 6.29 Å². The fourth-order valence-electron chi connectivity index (χ4n) is 0.892. The molecule has 0 unspecified atom stereocenters. The molecule has 0 bridgehead atoms. The third-order valence-electron chi connectivity index (χ3n) is 1.43. The molecule has 14 heavy (non-hydrogen) atoms. The Morgan fingerprint density at radius 3 is 2.21 bits per heavy atom. The Morgan fingerprint density at radius 2 is 1.79 bits per heavy atom. The van der Waals surface area contributed by atoms with Crippen molar-refractivity contribution in [1.82, 2.24) is 0 Å². The summed E-state index contributed by atoms with van der Waals surface area (Å²) in [4.78, 5) is 9.95. The van der Waals surface area contributed by atoms with E-state index in [1.807, 2.05) is 0 Å². The Kier molecular flexibility index (Phi) is 3.11. The molecule has 0 heterocycles. The van der Waals surface area contributed by atoms with Crippen LogP contribution in [0.2, 0.25) is 0 Å². The molecule has 0 saturated carbocycles. The van der Waals surface area contributed by atoms with Gasteiger partial charge in [-0.05, 0) is 17.7 Å². The molecule has 1 aromatic rings. The summed E-state index contributed by atoms with van der Waals surface area (Å²) < 4.78 is 38.8. The fourth-order valence-corrected chi connectivity index (χ4v) is 0.892. The third-order valence-corrected chi connectivity index (χ3v) is 1.43. The summed E-state index contributed by atoms with van der Waals surface area (Å²) in [6.45, 7) is 0. The number of rotatable bonds is 3. The number of hydrogen-bond donors (Lipinski definition) is 0. The summed E-state index contributed by atoms with van der Waals surface area (Å²) in [6.07, 6.45) is -2.98. The van der Waals surface area contributed by atoms with Crippen molar-refractivity contribution in [2.75, 3.05) is 0 Å². The van der Waals surface area contributed by atoms with Crippen molar-refractivity contribution < 1.29 is 22.7 Å².